The molecule has 1 unspecified atom stereocenters. The molecule has 1 fully saturated rings. The highest BCUT2D eigenvalue weighted by Crippen LogP contribution is 2.26. The number of aromatic amines is 1. The molecule has 0 radical (unpaired) electrons. The molecule has 0 aliphatic carbocycles. The summed E-state index contributed by atoms with van der Waals surface area (Å²) in [6, 6.07) is 15.5. The van der Waals surface area contributed by atoms with Crippen molar-refractivity contribution in [2.75, 3.05) is 24.5 Å². The second-order valence-electron chi connectivity index (χ2n) is 7.58. The Morgan fingerprint density at radius 1 is 1.23 bits per heavy atom. The summed E-state index contributed by atoms with van der Waals surface area (Å²) in [7, 11) is 0. The molecule has 1 aliphatic rings. The molecule has 4 aromatic rings. The van der Waals surface area contributed by atoms with E-state index in [0.717, 1.165) is 24.0 Å². The maximum absolute atomic E-state index is 12.8. The number of nitrogens with one attached hydrogen (secondary N) is 2. The van der Waals surface area contributed by atoms with Gasteiger partial charge in [-0.15, -0.1) is 0 Å². The third-order valence-corrected chi connectivity index (χ3v) is 6.13. The maximum Gasteiger partial charge on any atom is 0.259 e. The van der Waals surface area contributed by atoms with E-state index in [2.05, 4.69) is 48.4 Å². The van der Waals surface area contributed by atoms with Gasteiger partial charge in [0.15, 0.2) is 0 Å². The van der Waals surface area contributed by atoms with Gasteiger partial charge in [0.05, 0.1) is 17.1 Å². The number of carbonyl (C=O) groups excluding carboxylic acids is 1. The Balaban J connectivity index is 1.31. The summed E-state index contributed by atoms with van der Waals surface area (Å²) >= 11 is 3.52. The first-order valence-electron chi connectivity index (χ1n) is 9.87. The van der Waals surface area contributed by atoms with Gasteiger partial charge in [-0.2, -0.15) is 5.10 Å². The topological polar surface area (TPSA) is 82.5 Å². The fraction of sp³-hybridized carbons (Fsp3) is 0.227. The van der Waals surface area contributed by atoms with Crippen molar-refractivity contribution < 1.29 is 4.79 Å². The minimum Gasteiger partial charge on any atom is -0.371 e. The second kappa shape index (κ2) is 7.60. The first kappa shape index (κ1) is 18.9. The van der Waals surface area contributed by atoms with E-state index in [1.54, 1.807) is 16.6 Å². The van der Waals surface area contributed by atoms with E-state index in [1.165, 1.54) is 11.9 Å². The highest BCUT2D eigenvalue weighted by Gasteiger charge is 2.24. The third kappa shape index (κ3) is 3.37. The summed E-state index contributed by atoms with van der Waals surface area (Å²) in [6.45, 7) is 2.44. The molecule has 30 heavy (non-hydrogen) atoms. The number of amides is 1. The first-order chi connectivity index (χ1) is 14.6. The van der Waals surface area contributed by atoms with Crippen molar-refractivity contribution in [2.45, 2.75) is 6.42 Å². The fourth-order valence-electron chi connectivity index (χ4n) is 4.08. The molecule has 7 nitrogen and oxygen atoms in total. The standard InChI is InChI=1S/C22H20BrN5O2/c23-15-4-3-5-16(10-15)27-9-8-14(13-27)11-24-21(29)18-12-25-28-19-7-2-1-6-17(19)22(30)26-20(18)28/h1-7,10,12,14H,8-9,11,13H2,(H,24,29)(H,26,30). The van der Waals surface area contributed by atoms with Gasteiger partial charge in [0.25, 0.3) is 11.5 Å². The largest absolute Gasteiger partial charge is 0.371 e. The Bertz CT molecular complexity index is 1310. The number of H-pyrrole nitrogens is 1. The zero-order valence-corrected chi connectivity index (χ0v) is 17.7. The Morgan fingerprint density at radius 3 is 2.97 bits per heavy atom. The van der Waals surface area contributed by atoms with Crippen LogP contribution in [0.4, 0.5) is 5.69 Å². The molecule has 0 bridgehead atoms. The number of fused-ring (bicyclic) bond motifs is 3. The number of nitrogens with zero attached hydrogens (tertiary/aromatic N) is 3. The van der Waals surface area contributed by atoms with Crippen molar-refractivity contribution in [2.24, 2.45) is 5.92 Å². The summed E-state index contributed by atoms with van der Waals surface area (Å²) in [6.07, 6.45) is 2.53. The molecular weight excluding hydrogens is 446 g/mol. The number of hydrogen-bond donors (Lipinski definition) is 2. The summed E-state index contributed by atoms with van der Waals surface area (Å²) in [5, 5.41) is 7.88. The van der Waals surface area contributed by atoms with Crippen molar-refractivity contribution >= 4 is 44.1 Å². The summed E-state index contributed by atoms with van der Waals surface area (Å²) in [4.78, 5) is 30.3. The highest BCUT2D eigenvalue weighted by molar-refractivity contribution is 9.10. The predicted octanol–water partition coefficient (Wildman–Crippen LogP) is 3.19. The van der Waals surface area contributed by atoms with E-state index in [1.807, 2.05) is 24.3 Å². The second-order valence-corrected chi connectivity index (χ2v) is 8.50. The van der Waals surface area contributed by atoms with Gasteiger partial charge >= 0.3 is 0 Å². The average Bonchev–Trinajstić information content (AvgIpc) is 3.40. The van der Waals surface area contributed by atoms with Crippen LogP contribution in [0.5, 0.6) is 0 Å². The van der Waals surface area contributed by atoms with Gasteiger partial charge in [0, 0.05) is 29.8 Å². The van der Waals surface area contributed by atoms with E-state index in [9.17, 15) is 9.59 Å². The number of halogens is 1. The molecule has 8 heteroatoms. The molecule has 1 atom stereocenters. The van der Waals surface area contributed by atoms with Crippen LogP contribution >= 0.6 is 15.9 Å². The minimum absolute atomic E-state index is 0.225. The number of hydrogen-bond acceptors (Lipinski definition) is 4. The van der Waals surface area contributed by atoms with Crippen molar-refractivity contribution in [1.82, 2.24) is 19.9 Å². The highest BCUT2D eigenvalue weighted by atomic mass is 79.9. The lowest BCUT2D eigenvalue weighted by Gasteiger charge is -2.19. The normalized spacial score (nSPS) is 16.4. The summed E-state index contributed by atoms with van der Waals surface area (Å²) in [5.41, 5.74) is 2.42. The molecule has 2 N–H and O–H groups in total. The van der Waals surface area contributed by atoms with Crippen molar-refractivity contribution in [3.05, 3.63) is 75.1 Å². The lowest BCUT2D eigenvalue weighted by atomic mass is 10.1. The van der Waals surface area contributed by atoms with Crippen LogP contribution in [0.25, 0.3) is 16.6 Å². The molecular formula is C22H20BrN5O2. The number of rotatable bonds is 4. The molecule has 3 heterocycles. The molecule has 2 aromatic heterocycles. The van der Waals surface area contributed by atoms with Crippen LogP contribution in [-0.4, -0.2) is 40.1 Å². The molecule has 5 rings (SSSR count). The zero-order valence-electron chi connectivity index (χ0n) is 16.1. The quantitative estimate of drug-likeness (QED) is 0.484. The van der Waals surface area contributed by atoms with Gasteiger partial charge in [-0.25, -0.2) is 4.52 Å². The van der Waals surface area contributed by atoms with E-state index in [-0.39, 0.29) is 11.5 Å². The van der Waals surface area contributed by atoms with Crippen LogP contribution in [-0.2, 0) is 0 Å². The van der Waals surface area contributed by atoms with Crippen LogP contribution in [0.15, 0.2) is 64.0 Å². The molecule has 152 valence electrons. The summed E-state index contributed by atoms with van der Waals surface area (Å²) < 4.78 is 2.67. The number of carbonyl (C=O) groups is 1. The van der Waals surface area contributed by atoms with Crippen molar-refractivity contribution in [3.8, 4) is 0 Å². The van der Waals surface area contributed by atoms with Crippen LogP contribution in [0.2, 0.25) is 0 Å². The smallest absolute Gasteiger partial charge is 0.259 e. The SMILES string of the molecule is O=C(NCC1CCN(c2cccc(Br)c2)C1)c1cnn2c1[nH]c(=O)c1ccccc12. The maximum atomic E-state index is 12.8. The first-order valence-corrected chi connectivity index (χ1v) is 10.7. The van der Waals surface area contributed by atoms with Crippen LogP contribution in [0, 0.1) is 5.92 Å². The average molecular weight is 466 g/mol. The van der Waals surface area contributed by atoms with E-state index >= 15 is 0 Å². The lowest BCUT2D eigenvalue weighted by Crippen LogP contribution is -2.31. The lowest BCUT2D eigenvalue weighted by molar-refractivity contribution is 0.0949. The molecule has 0 saturated carbocycles. The van der Waals surface area contributed by atoms with Crippen molar-refractivity contribution in [1.29, 1.82) is 0 Å². The molecule has 2 aromatic carbocycles. The monoisotopic (exact) mass is 465 g/mol. The van der Waals surface area contributed by atoms with Crippen molar-refractivity contribution in [3.63, 3.8) is 0 Å². The van der Waals surface area contributed by atoms with Gasteiger partial charge < -0.3 is 15.2 Å². The molecule has 1 aliphatic heterocycles. The Morgan fingerprint density at radius 2 is 2.10 bits per heavy atom. The number of anilines is 1. The van der Waals surface area contributed by atoms with Gasteiger partial charge in [0.1, 0.15) is 11.2 Å². The van der Waals surface area contributed by atoms with Crippen LogP contribution in [0.3, 0.4) is 0 Å². The Labute approximate surface area is 180 Å². The van der Waals surface area contributed by atoms with Gasteiger partial charge in [-0.3, -0.25) is 9.59 Å². The number of aromatic nitrogens is 3. The fourth-order valence-corrected chi connectivity index (χ4v) is 4.47. The van der Waals surface area contributed by atoms with E-state index in [0.29, 0.717) is 34.6 Å². The summed E-state index contributed by atoms with van der Waals surface area (Å²) in [5.74, 6) is 0.145. The van der Waals surface area contributed by atoms with E-state index < -0.39 is 0 Å². The van der Waals surface area contributed by atoms with Crippen LogP contribution in [0.1, 0.15) is 16.8 Å². The van der Waals surface area contributed by atoms with Gasteiger partial charge in [-0.1, -0.05) is 34.1 Å². The number of para-hydroxylation sites is 1. The third-order valence-electron chi connectivity index (χ3n) is 5.63. The molecule has 1 amide bonds. The van der Waals surface area contributed by atoms with Crippen LogP contribution < -0.4 is 15.8 Å². The van der Waals surface area contributed by atoms with Gasteiger partial charge in [0.2, 0.25) is 0 Å². The minimum atomic E-state index is -0.229. The Kier molecular flexibility index (Phi) is 4.78. The van der Waals surface area contributed by atoms with Gasteiger partial charge in [-0.05, 0) is 42.7 Å². The number of benzene rings is 2. The Hall–Kier alpha value is -3.13. The molecule has 1 saturated heterocycles. The zero-order chi connectivity index (χ0) is 20.7. The molecule has 0 spiro atoms. The predicted molar refractivity (Wildman–Crippen MR) is 120 cm³/mol. The van der Waals surface area contributed by atoms with E-state index in [4.69, 9.17) is 0 Å².